The lowest BCUT2D eigenvalue weighted by Gasteiger charge is -2.35. The van der Waals surface area contributed by atoms with Gasteiger partial charge in [-0.1, -0.05) is 29.8 Å². The second-order valence-corrected chi connectivity index (χ2v) is 7.73. The van der Waals surface area contributed by atoms with E-state index in [2.05, 4.69) is 20.4 Å². The molecule has 0 aliphatic carbocycles. The summed E-state index contributed by atoms with van der Waals surface area (Å²) in [6, 6.07) is 17.0. The molecule has 0 bridgehead atoms. The fraction of sp³-hybridized carbons (Fsp3) is 0.261. The second kappa shape index (κ2) is 9.22. The van der Waals surface area contributed by atoms with Crippen LogP contribution in [0.3, 0.4) is 0 Å². The Kier molecular flexibility index (Phi) is 6.23. The highest BCUT2D eigenvalue weighted by Crippen LogP contribution is 2.25. The molecule has 160 valence electrons. The first kappa shape index (κ1) is 20.9. The molecular formula is C23H24ClN5O2. The Morgan fingerprint density at radius 2 is 1.81 bits per heavy atom. The number of methoxy groups -OCH3 is 1. The fourth-order valence-corrected chi connectivity index (χ4v) is 3.68. The van der Waals surface area contributed by atoms with Crippen molar-refractivity contribution in [2.45, 2.75) is 6.92 Å². The fourth-order valence-electron chi connectivity index (χ4n) is 3.51. The maximum atomic E-state index is 12.6. The van der Waals surface area contributed by atoms with Crippen LogP contribution in [0.15, 0.2) is 54.6 Å². The number of anilines is 2. The maximum Gasteiger partial charge on any atom is 0.321 e. The molecule has 3 aromatic rings. The number of benzene rings is 2. The number of hydrogen-bond donors (Lipinski definition) is 1. The number of carbonyl (C=O) groups is 1. The van der Waals surface area contributed by atoms with E-state index in [9.17, 15) is 4.79 Å². The highest BCUT2D eigenvalue weighted by atomic mass is 35.5. The molecule has 0 radical (unpaired) electrons. The number of rotatable bonds is 4. The molecule has 0 atom stereocenters. The highest BCUT2D eigenvalue weighted by Gasteiger charge is 2.22. The lowest BCUT2D eigenvalue weighted by atomic mass is 10.1. The van der Waals surface area contributed by atoms with Gasteiger partial charge in [0.25, 0.3) is 0 Å². The quantitative estimate of drug-likeness (QED) is 0.652. The second-order valence-electron chi connectivity index (χ2n) is 7.33. The zero-order valence-electron chi connectivity index (χ0n) is 17.5. The van der Waals surface area contributed by atoms with Crippen molar-refractivity contribution in [3.05, 3.63) is 65.2 Å². The van der Waals surface area contributed by atoms with E-state index in [1.807, 2.05) is 61.5 Å². The number of hydrogen-bond acceptors (Lipinski definition) is 5. The maximum absolute atomic E-state index is 12.6. The van der Waals surface area contributed by atoms with Gasteiger partial charge in [0.1, 0.15) is 5.75 Å². The molecule has 0 unspecified atom stereocenters. The van der Waals surface area contributed by atoms with Crippen LogP contribution >= 0.6 is 11.6 Å². The first-order valence-electron chi connectivity index (χ1n) is 10.1. The van der Waals surface area contributed by atoms with Crippen molar-refractivity contribution in [2.75, 3.05) is 43.5 Å². The number of urea groups is 1. The monoisotopic (exact) mass is 437 g/mol. The van der Waals surface area contributed by atoms with Gasteiger partial charge in [-0.05, 0) is 48.9 Å². The first-order valence-corrected chi connectivity index (χ1v) is 10.5. The number of halogens is 1. The predicted octanol–water partition coefficient (Wildman–Crippen LogP) is 4.47. The van der Waals surface area contributed by atoms with Gasteiger partial charge in [-0.15, -0.1) is 10.2 Å². The normalized spacial score (nSPS) is 13.8. The SMILES string of the molecule is COc1cccc(-c2ccc(N3CCN(C(=O)Nc4cccc(Cl)c4C)CC3)nn2)c1. The minimum Gasteiger partial charge on any atom is -0.497 e. The van der Waals surface area contributed by atoms with Crippen molar-refractivity contribution in [2.24, 2.45) is 0 Å². The molecule has 1 N–H and O–H groups in total. The van der Waals surface area contributed by atoms with E-state index in [4.69, 9.17) is 16.3 Å². The predicted molar refractivity (Wildman–Crippen MR) is 123 cm³/mol. The van der Waals surface area contributed by atoms with Gasteiger partial charge < -0.3 is 19.9 Å². The summed E-state index contributed by atoms with van der Waals surface area (Å²) in [6.07, 6.45) is 0. The van der Waals surface area contributed by atoms with Crippen LogP contribution < -0.4 is 15.0 Å². The number of nitrogens with one attached hydrogen (secondary N) is 1. The summed E-state index contributed by atoms with van der Waals surface area (Å²) in [4.78, 5) is 16.6. The van der Waals surface area contributed by atoms with Gasteiger partial charge in [0.2, 0.25) is 0 Å². The molecule has 2 amide bonds. The van der Waals surface area contributed by atoms with E-state index in [1.54, 1.807) is 12.0 Å². The average molecular weight is 438 g/mol. The van der Waals surface area contributed by atoms with Crippen LogP contribution in [0.25, 0.3) is 11.3 Å². The van der Waals surface area contributed by atoms with Crippen molar-refractivity contribution >= 4 is 29.1 Å². The Balaban J connectivity index is 1.36. The standard InChI is InChI=1S/C23H24ClN5O2/c1-16-19(24)7-4-8-20(16)25-23(30)29-13-11-28(12-14-29)22-10-9-21(26-27-22)17-5-3-6-18(15-17)31-2/h3-10,15H,11-14H2,1-2H3,(H,25,30). The van der Waals surface area contributed by atoms with Gasteiger partial charge in [0.15, 0.2) is 5.82 Å². The summed E-state index contributed by atoms with van der Waals surface area (Å²) in [5.74, 6) is 1.59. The van der Waals surface area contributed by atoms with Crippen LogP contribution in [0, 0.1) is 6.92 Å². The number of amides is 2. The van der Waals surface area contributed by atoms with Crippen LogP contribution in [-0.2, 0) is 0 Å². The molecule has 0 spiro atoms. The van der Waals surface area contributed by atoms with Crippen molar-refractivity contribution < 1.29 is 9.53 Å². The Hall–Kier alpha value is -3.32. The number of carbonyl (C=O) groups excluding carboxylic acids is 1. The van der Waals surface area contributed by atoms with E-state index < -0.39 is 0 Å². The summed E-state index contributed by atoms with van der Waals surface area (Å²) in [5, 5.41) is 12.4. The molecule has 4 rings (SSSR count). The van der Waals surface area contributed by atoms with Gasteiger partial charge in [-0.2, -0.15) is 0 Å². The highest BCUT2D eigenvalue weighted by molar-refractivity contribution is 6.31. The Labute approximate surface area is 186 Å². The van der Waals surface area contributed by atoms with Crippen molar-refractivity contribution in [1.82, 2.24) is 15.1 Å². The molecule has 1 aromatic heterocycles. The average Bonchev–Trinajstić information content (AvgIpc) is 2.82. The Bertz CT molecular complexity index is 1070. The van der Waals surface area contributed by atoms with Gasteiger partial charge >= 0.3 is 6.03 Å². The molecule has 1 aliphatic heterocycles. The molecule has 8 heteroatoms. The third-order valence-electron chi connectivity index (χ3n) is 5.42. The molecule has 7 nitrogen and oxygen atoms in total. The number of ether oxygens (including phenoxy) is 1. The summed E-state index contributed by atoms with van der Waals surface area (Å²) >= 11 is 6.14. The van der Waals surface area contributed by atoms with Crippen LogP contribution in [0.5, 0.6) is 5.75 Å². The molecule has 2 aromatic carbocycles. The number of aromatic nitrogens is 2. The van der Waals surface area contributed by atoms with E-state index in [0.29, 0.717) is 31.2 Å². The summed E-state index contributed by atoms with van der Waals surface area (Å²) in [5.41, 5.74) is 3.34. The van der Waals surface area contributed by atoms with Gasteiger partial charge in [0, 0.05) is 42.5 Å². The lowest BCUT2D eigenvalue weighted by Crippen LogP contribution is -2.50. The molecule has 0 saturated carbocycles. The van der Waals surface area contributed by atoms with E-state index in [1.165, 1.54) is 0 Å². The topological polar surface area (TPSA) is 70.6 Å². The molecule has 2 heterocycles. The van der Waals surface area contributed by atoms with Gasteiger partial charge in [0.05, 0.1) is 12.8 Å². The van der Waals surface area contributed by atoms with E-state index in [-0.39, 0.29) is 6.03 Å². The van der Waals surface area contributed by atoms with Crippen molar-refractivity contribution in [1.29, 1.82) is 0 Å². The smallest absolute Gasteiger partial charge is 0.321 e. The first-order chi connectivity index (χ1) is 15.0. The van der Waals surface area contributed by atoms with E-state index in [0.717, 1.165) is 34.1 Å². The summed E-state index contributed by atoms with van der Waals surface area (Å²) < 4.78 is 5.27. The molecule has 1 aliphatic rings. The molecule has 1 fully saturated rings. The Morgan fingerprint density at radius 3 is 2.52 bits per heavy atom. The summed E-state index contributed by atoms with van der Waals surface area (Å²) in [7, 11) is 1.64. The zero-order valence-corrected chi connectivity index (χ0v) is 18.3. The third-order valence-corrected chi connectivity index (χ3v) is 5.83. The van der Waals surface area contributed by atoms with Crippen LogP contribution in [0.1, 0.15) is 5.56 Å². The van der Waals surface area contributed by atoms with Gasteiger partial charge in [-0.3, -0.25) is 0 Å². The van der Waals surface area contributed by atoms with Crippen LogP contribution in [0.4, 0.5) is 16.3 Å². The largest absolute Gasteiger partial charge is 0.497 e. The molecular weight excluding hydrogens is 414 g/mol. The molecule has 1 saturated heterocycles. The van der Waals surface area contributed by atoms with Crippen LogP contribution in [0.2, 0.25) is 5.02 Å². The zero-order chi connectivity index (χ0) is 21.8. The minimum absolute atomic E-state index is 0.121. The molecule has 31 heavy (non-hydrogen) atoms. The van der Waals surface area contributed by atoms with Gasteiger partial charge in [-0.25, -0.2) is 4.79 Å². The van der Waals surface area contributed by atoms with Crippen molar-refractivity contribution in [3.8, 4) is 17.0 Å². The third kappa shape index (κ3) is 4.72. The Morgan fingerprint density at radius 1 is 1.03 bits per heavy atom. The van der Waals surface area contributed by atoms with Crippen molar-refractivity contribution in [3.63, 3.8) is 0 Å². The van der Waals surface area contributed by atoms with E-state index >= 15 is 0 Å². The summed E-state index contributed by atoms with van der Waals surface area (Å²) in [6.45, 7) is 4.48. The number of piperazine rings is 1. The number of nitrogens with zero attached hydrogens (tertiary/aromatic N) is 4. The van der Waals surface area contributed by atoms with Crippen LogP contribution in [-0.4, -0.2) is 54.4 Å². The lowest BCUT2D eigenvalue weighted by molar-refractivity contribution is 0.208. The minimum atomic E-state index is -0.121.